The molecule has 3 aromatic rings. The Balaban J connectivity index is 0.907. The predicted octanol–water partition coefficient (Wildman–Crippen LogP) is 2.56. The van der Waals surface area contributed by atoms with Crippen LogP contribution < -0.4 is 15.4 Å². The van der Waals surface area contributed by atoms with Crippen LogP contribution in [0.25, 0.3) is 0 Å². The highest BCUT2D eigenvalue weighted by Crippen LogP contribution is 2.32. The molecule has 14 heteroatoms. The molecule has 14 nitrogen and oxygen atoms in total. The fourth-order valence-electron chi connectivity index (χ4n) is 5.69. The average molecular weight is 618 g/mol. The van der Waals surface area contributed by atoms with E-state index in [-0.39, 0.29) is 35.8 Å². The van der Waals surface area contributed by atoms with Crippen molar-refractivity contribution in [1.82, 2.24) is 30.1 Å². The van der Waals surface area contributed by atoms with Gasteiger partial charge in [0.1, 0.15) is 30.2 Å². The van der Waals surface area contributed by atoms with Crippen molar-refractivity contribution >= 4 is 17.6 Å². The third-order valence-electron chi connectivity index (χ3n) is 8.45. The van der Waals surface area contributed by atoms with Gasteiger partial charge in [-0.15, -0.1) is 0 Å². The highest BCUT2D eigenvalue weighted by Gasteiger charge is 2.35. The summed E-state index contributed by atoms with van der Waals surface area (Å²) in [5.41, 5.74) is 2.29. The normalized spacial score (nSPS) is 18.2. The number of hydrogen-bond acceptors (Lipinski definition) is 12. The number of nitrogens with one attached hydrogen (secondary N) is 2. The van der Waals surface area contributed by atoms with Crippen LogP contribution in [0.2, 0.25) is 0 Å². The molecule has 2 amide bonds. The second kappa shape index (κ2) is 13.7. The van der Waals surface area contributed by atoms with Gasteiger partial charge in [-0.3, -0.25) is 14.5 Å². The molecule has 45 heavy (non-hydrogen) atoms. The number of ether oxygens (including phenoxy) is 1. The number of aliphatic hydroxyl groups is 1. The third kappa shape index (κ3) is 8.39. The molecule has 3 aliphatic rings. The third-order valence-corrected chi connectivity index (χ3v) is 8.45. The standard InChI is InChI=1S/C31H39N9O5/c1-31(37-38-31)8-4-29(42)40-10-6-23(7-11-40)36-28-13-27(34-19-35-28)30(43)33-14-24(41)17-39-9-5-21-12-25(3-2-22(21)16-39)44-18-26-15-32-20-45-26/h2-3,12-13,15,19-20,23-24,41H,4-11,14,16-18H2,1H3,(H,33,43)(H,34,35,36)/t24-/m0/s1. The minimum absolute atomic E-state index is 0.108. The zero-order valence-corrected chi connectivity index (χ0v) is 25.4. The average Bonchev–Trinajstić information content (AvgIpc) is 3.56. The van der Waals surface area contributed by atoms with Crippen LogP contribution in [0, 0.1) is 0 Å². The number of fused-ring (bicyclic) bond motifs is 1. The maximum Gasteiger partial charge on any atom is 0.270 e. The van der Waals surface area contributed by atoms with Crippen LogP contribution in [0.3, 0.4) is 0 Å². The number of β-amino-alcohol motifs (C(OH)–C–C–N with tert-alkyl or cyclic N) is 1. The van der Waals surface area contributed by atoms with Crippen LogP contribution in [0.1, 0.15) is 60.0 Å². The quantitative estimate of drug-likeness (QED) is 0.259. The Morgan fingerprint density at radius 1 is 1.16 bits per heavy atom. The van der Waals surface area contributed by atoms with Crippen LogP contribution in [0.5, 0.6) is 5.75 Å². The maximum atomic E-state index is 12.8. The first kappa shape index (κ1) is 30.6. The minimum atomic E-state index is -0.733. The second-order valence-electron chi connectivity index (χ2n) is 12.0. The van der Waals surface area contributed by atoms with Gasteiger partial charge < -0.3 is 29.8 Å². The highest BCUT2D eigenvalue weighted by atomic mass is 16.5. The van der Waals surface area contributed by atoms with Gasteiger partial charge in [-0.2, -0.15) is 10.2 Å². The van der Waals surface area contributed by atoms with Gasteiger partial charge in [-0.1, -0.05) is 6.07 Å². The van der Waals surface area contributed by atoms with Gasteiger partial charge in [-0.25, -0.2) is 15.0 Å². The SMILES string of the molecule is CC1(CCC(=O)N2CCC(Nc3cc(C(=O)NC[C@H](O)CN4CCc5cc(OCc6cnco6)ccc5C4)ncn3)CC2)N=N1. The molecule has 1 saturated heterocycles. The van der Waals surface area contributed by atoms with Crippen molar-refractivity contribution in [3.63, 3.8) is 0 Å². The molecule has 1 atom stereocenters. The number of nitrogens with zero attached hydrogens (tertiary/aromatic N) is 7. The number of piperidine rings is 1. The number of aromatic nitrogens is 3. The molecule has 5 heterocycles. The van der Waals surface area contributed by atoms with Crippen molar-refractivity contribution in [2.75, 3.05) is 38.0 Å². The van der Waals surface area contributed by atoms with Gasteiger partial charge in [0.15, 0.2) is 17.8 Å². The van der Waals surface area contributed by atoms with E-state index in [9.17, 15) is 14.7 Å². The smallest absolute Gasteiger partial charge is 0.270 e. The molecule has 3 aliphatic heterocycles. The number of benzene rings is 1. The van der Waals surface area contributed by atoms with Crippen molar-refractivity contribution in [3.05, 3.63) is 65.8 Å². The van der Waals surface area contributed by atoms with E-state index in [1.54, 1.807) is 12.3 Å². The van der Waals surface area contributed by atoms with E-state index < -0.39 is 6.10 Å². The van der Waals surface area contributed by atoms with Crippen LogP contribution in [0.15, 0.2) is 57.8 Å². The number of carbonyl (C=O) groups excluding carboxylic acids is 2. The molecule has 3 N–H and O–H groups in total. The van der Waals surface area contributed by atoms with Gasteiger partial charge in [-0.05, 0) is 49.4 Å². The number of carbonyl (C=O) groups is 2. The largest absolute Gasteiger partial charge is 0.486 e. The van der Waals surface area contributed by atoms with Gasteiger partial charge in [0, 0.05) is 64.2 Å². The van der Waals surface area contributed by atoms with E-state index in [2.05, 4.69) is 52.8 Å². The lowest BCUT2D eigenvalue weighted by Crippen LogP contribution is -2.42. The summed E-state index contributed by atoms with van der Waals surface area (Å²) < 4.78 is 11.0. The number of anilines is 1. The van der Waals surface area contributed by atoms with Crippen LogP contribution in [-0.4, -0.2) is 92.2 Å². The summed E-state index contributed by atoms with van der Waals surface area (Å²) in [6, 6.07) is 7.81. The summed E-state index contributed by atoms with van der Waals surface area (Å²) in [5, 5.41) is 24.8. The molecule has 0 bridgehead atoms. The molecular weight excluding hydrogens is 578 g/mol. The second-order valence-corrected chi connectivity index (χ2v) is 12.0. The Labute approximate surface area is 261 Å². The molecule has 6 rings (SSSR count). The van der Waals surface area contributed by atoms with Crippen LogP contribution in [0.4, 0.5) is 5.82 Å². The minimum Gasteiger partial charge on any atom is -0.486 e. The summed E-state index contributed by atoms with van der Waals surface area (Å²) in [4.78, 5) is 41.7. The van der Waals surface area contributed by atoms with E-state index in [1.165, 1.54) is 23.8 Å². The Hall–Kier alpha value is -4.43. The number of amides is 2. The molecule has 1 fully saturated rings. The van der Waals surface area contributed by atoms with Crippen molar-refractivity contribution in [1.29, 1.82) is 0 Å². The first-order chi connectivity index (χ1) is 21.8. The molecule has 0 saturated carbocycles. The number of hydrogen-bond donors (Lipinski definition) is 3. The van der Waals surface area contributed by atoms with E-state index >= 15 is 0 Å². The van der Waals surface area contributed by atoms with Crippen molar-refractivity contribution < 1.29 is 23.8 Å². The number of oxazole rings is 1. The molecule has 238 valence electrons. The van der Waals surface area contributed by atoms with E-state index in [0.717, 1.165) is 31.6 Å². The Kier molecular flexibility index (Phi) is 9.31. The maximum absolute atomic E-state index is 12.8. The van der Waals surface area contributed by atoms with Crippen molar-refractivity contribution in [2.45, 2.75) is 70.0 Å². The van der Waals surface area contributed by atoms with E-state index in [0.29, 0.717) is 57.2 Å². The lowest BCUT2D eigenvalue weighted by molar-refractivity contribution is -0.132. The summed E-state index contributed by atoms with van der Waals surface area (Å²) >= 11 is 0. The lowest BCUT2D eigenvalue weighted by atomic mass is 9.99. The van der Waals surface area contributed by atoms with Gasteiger partial charge in [0.25, 0.3) is 5.91 Å². The molecular formula is C31H39N9O5. The first-order valence-electron chi connectivity index (χ1n) is 15.4. The monoisotopic (exact) mass is 617 g/mol. The lowest BCUT2D eigenvalue weighted by Gasteiger charge is -2.32. The van der Waals surface area contributed by atoms with Gasteiger partial charge in [0.2, 0.25) is 5.91 Å². The number of likely N-dealkylation sites (tertiary alicyclic amines) is 1. The summed E-state index contributed by atoms with van der Waals surface area (Å²) in [6.45, 7) is 5.64. The van der Waals surface area contributed by atoms with E-state index in [4.69, 9.17) is 9.15 Å². The Morgan fingerprint density at radius 2 is 2.00 bits per heavy atom. The summed E-state index contributed by atoms with van der Waals surface area (Å²) in [5.74, 6) is 1.78. The van der Waals surface area contributed by atoms with E-state index in [1.807, 2.05) is 17.9 Å². The molecule has 0 radical (unpaired) electrons. The molecule has 1 aromatic carbocycles. The predicted molar refractivity (Wildman–Crippen MR) is 162 cm³/mol. The van der Waals surface area contributed by atoms with Crippen LogP contribution in [-0.2, 0) is 24.4 Å². The highest BCUT2D eigenvalue weighted by molar-refractivity contribution is 5.92. The zero-order chi connectivity index (χ0) is 31.2. The summed E-state index contributed by atoms with van der Waals surface area (Å²) in [6.07, 6.45) is 7.17. The van der Waals surface area contributed by atoms with Gasteiger partial charge in [0.05, 0.1) is 12.3 Å². The van der Waals surface area contributed by atoms with Crippen LogP contribution >= 0.6 is 0 Å². The van der Waals surface area contributed by atoms with Gasteiger partial charge >= 0.3 is 0 Å². The Morgan fingerprint density at radius 3 is 2.78 bits per heavy atom. The first-order valence-corrected chi connectivity index (χ1v) is 15.4. The molecule has 0 spiro atoms. The Bertz CT molecular complexity index is 1500. The number of rotatable bonds is 13. The molecule has 0 aliphatic carbocycles. The fraction of sp³-hybridized carbons (Fsp3) is 0.516. The van der Waals surface area contributed by atoms with Crippen molar-refractivity contribution in [3.8, 4) is 5.75 Å². The zero-order valence-electron chi connectivity index (χ0n) is 25.4. The summed E-state index contributed by atoms with van der Waals surface area (Å²) in [7, 11) is 0. The molecule has 2 aromatic heterocycles. The molecule has 0 unspecified atom stereocenters. The topological polar surface area (TPSA) is 171 Å². The number of aliphatic hydroxyl groups excluding tert-OH is 1. The van der Waals surface area contributed by atoms with Crippen molar-refractivity contribution in [2.24, 2.45) is 10.2 Å². The fourth-order valence-corrected chi connectivity index (χ4v) is 5.69.